The van der Waals surface area contributed by atoms with Crippen LogP contribution in [0.25, 0.3) is 0 Å². The molecule has 0 amide bonds. The fourth-order valence-corrected chi connectivity index (χ4v) is 1.93. The van der Waals surface area contributed by atoms with E-state index in [2.05, 4.69) is 0 Å². The molecule has 1 unspecified atom stereocenters. The van der Waals surface area contributed by atoms with Gasteiger partial charge in [-0.1, -0.05) is 12.1 Å². The standard InChI is InChI=1S/C12H14O3/c1-7-5-10(8(2)12(13)14)6-9-3-4-15-11(7)9/h5-6,8H,3-4H2,1-2H3,(H,13,14). The average molecular weight is 206 g/mol. The topological polar surface area (TPSA) is 46.5 Å². The molecule has 0 bridgehead atoms. The molecule has 80 valence electrons. The molecule has 1 aromatic carbocycles. The highest BCUT2D eigenvalue weighted by Gasteiger charge is 2.20. The zero-order valence-electron chi connectivity index (χ0n) is 8.91. The third-order valence-electron chi connectivity index (χ3n) is 2.86. The van der Waals surface area contributed by atoms with Gasteiger partial charge in [-0.3, -0.25) is 4.79 Å². The Morgan fingerprint density at radius 2 is 2.27 bits per heavy atom. The Balaban J connectivity index is 2.43. The average Bonchev–Trinajstić information content (AvgIpc) is 2.64. The Hall–Kier alpha value is -1.51. The predicted molar refractivity (Wildman–Crippen MR) is 56.4 cm³/mol. The van der Waals surface area contributed by atoms with Crippen LogP contribution in [0.2, 0.25) is 0 Å². The van der Waals surface area contributed by atoms with Crippen molar-refractivity contribution in [3.8, 4) is 5.75 Å². The summed E-state index contributed by atoms with van der Waals surface area (Å²) in [5.74, 6) is -0.292. The van der Waals surface area contributed by atoms with Crippen molar-refractivity contribution in [3.05, 3.63) is 28.8 Å². The first kappa shape index (κ1) is 10.0. The van der Waals surface area contributed by atoms with Gasteiger partial charge < -0.3 is 9.84 Å². The van der Waals surface area contributed by atoms with Crippen LogP contribution in [0.3, 0.4) is 0 Å². The Labute approximate surface area is 88.7 Å². The molecule has 1 heterocycles. The van der Waals surface area contributed by atoms with Crippen LogP contribution in [0.5, 0.6) is 5.75 Å². The third kappa shape index (κ3) is 1.69. The summed E-state index contributed by atoms with van der Waals surface area (Å²) in [5.41, 5.74) is 3.04. The maximum absolute atomic E-state index is 10.9. The molecule has 3 nitrogen and oxygen atoms in total. The fraction of sp³-hybridized carbons (Fsp3) is 0.417. The highest BCUT2D eigenvalue weighted by Crippen LogP contribution is 2.32. The van der Waals surface area contributed by atoms with Gasteiger partial charge in [-0.15, -0.1) is 0 Å². The number of aryl methyl sites for hydroxylation is 1. The minimum absolute atomic E-state index is 0.449. The number of carbonyl (C=O) groups is 1. The van der Waals surface area contributed by atoms with Gasteiger partial charge in [-0.25, -0.2) is 0 Å². The summed E-state index contributed by atoms with van der Waals surface area (Å²) in [7, 11) is 0. The Morgan fingerprint density at radius 3 is 2.93 bits per heavy atom. The lowest BCUT2D eigenvalue weighted by atomic mass is 9.96. The van der Waals surface area contributed by atoms with Gasteiger partial charge in [0.15, 0.2) is 0 Å². The first-order chi connectivity index (χ1) is 7.09. The number of carboxylic acid groups (broad SMARTS) is 1. The molecule has 15 heavy (non-hydrogen) atoms. The summed E-state index contributed by atoms with van der Waals surface area (Å²) < 4.78 is 5.48. The van der Waals surface area contributed by atoms with Crippen molar-refractivity contribution >= 4 is 5.97 Å². The summed E-state index contributed by atoms with van der Waals surface area (Å²) in [6, 6.07) is 3.86. The largest absolute Gasteiger partial charge is 0.493 e. The maximum Gasteiger partial charge on any atom is 0.310 e. The van der Waals surface area contributed by atoms with Crippen LogP contribution >= 0.6 is 0 Å². The van der Waals surface area contributed by atoms with Gasteiger partial charge in [0.1, 0.15) is 5.75 Å². The van der Waals surface area contributed by atoms with Crippen molar-refractivity contribution in [1.82, 2.24) is 0 Å². The predicted octanol–water partition coefficient (Wildman–Crippen LogP) is 2.12. The van der Waals surface area contributed by atoms with Crippen molar-refractivity contribution < 1.29 is 14.6 Å². The van der Waals surface area contributed by atoms with Crippen LogP contribution in [0.1, 0.15) is 29.5 Å². The first-order valence-corrected chi connectivity index (χ1v) is 5.08. The lowest BCUT2D eigenvalue weighted by Crippen LogP contribution is -2.07. The summed E-state index contributed by atoms with van der Waals surface area (Å²) in [4.78, 5) is 10.9. The molecular formula is C12H14O3. The normalized spacial score (nSPS) is 15.6. The second kappa shape index (κ2) is 3.57. The minimum Gasteiger partial charge on any atom is -0.493 e. The summed E-state index contributed by atoms with van der Waals surface area (Å²) in [6.45, 7) is 4.38. The van der Waals surface area contributed by atoms with Crippen molar-refractivity contribution in [3.63, 3.8) is 0 Å². The molecule has 0 saturated carbocycles. The summed E-state index contributed by atoms with van der Waals surface area (Å²) >= 11 is 0. The summed E-state index contributed by atoms with van der Waals surface area (Å²) in [6.07, 6.45) is 0.885. The molecule has 1 atom stereocenters. The van der Waals surface area contributed by atoms with Gasteiger partial charge in [-0.05, 0) is 30.5 Å². The molecule has 0 fully saturated rings. The van der Waals surface area contributed by atoms with Gasteiger partial charge in [0.2, 0.25) is 0 Å². The quantitative estimate of drug-likeness (QED) is 0.806. The van der Waals surface area contributed by atoms with E-state index in [0.717, 1.165) is 28.9 Å². The van der Waals surface area contributed by atoms with Crippen LogP contribution in [-0.2, 0) is 11.2 Å². The Morgan fingerprint density at radius 1 is 1.53 bits per heavy atom. The molecule has 3 heteroatoms. The number of aliphatic carboxylic acids is 1. The van der Waals surface area contributed by atoms with Crippen LogP contribution in [0, 0.1) is 6.92 Å². The number of hydrogen-bond acceptors (Lipinski definition) is 2. The lowest BCUT2D eigenvalue weighted by molar-refractivity contribution is -0.138. The highest BCUT2D eigenvalue weighted by molar-refractivity contribution is 5.76. The van der Waals surface area contributed by atoms with Crippen LogP contribution in [-0.4, -0.2) is 17.7 Å². The fourth-order valence-electron chi connectivity index (χ4n) is 1.93. The number of ether oxygens (including phenoxy) is 1. The number of fused-ring (bicyclic) bond motifs is 1. The van der Waals surface area contributed by atoms with E-state index in [-0.39, 0.29) is 0 Å². The first-order valence-electron chi connectivity index (χ1n) is 5.08. The SMILES string of the molecule is Cc1cc(C(C)C(=O)O)cc2c1OCC2. The summed E-state index contributed by atoms with van der Waals surface area (Å²) in [5, 5.41) is 8.94. The van der Waals surface area contributed by atoms with Crippen LogP contribution in [0.4, 0.5) is 0 Å². The monoisotopic (exact) mass is 206 g/mol. The second-order valence-corrected chi connectivity index (χ2v) is 3.98. The van der Waals surface area contributed by atoms with Gasteiger partial charge in [-0.2, -0.15) is 0 Å². The zero-order valence-corrected chi connectivity index (χ0v) is 8.91. The number of carboxylic acids is 1. The molecule has 1 aliphatic rings. The Kier molecular flexibility index (Phi) is 2.39. The van der Waals surface area contributed by atoms with E-state index in [1.165, 1.54) is 0 Å². The van der Waals surface area contributed by atoms with E-state index >= 15 is 0 Å². The van der Waals surface area contributed by atoms with Crippen molar-refractivity contribution in [2.24, 2.45) is 0 Å². The third-order valence-corrected chi connectivity index (χ3v) is 2.86. The van der Waals surface area contributed by atoms with Crippen molar-refractivity contribution in [1.29, 1.82) is 0 Å². The van der Waals surface area contributed by atoms with Gasteiger partial charge >= 0.3 is 5.97 Å². The van der Waals surface area contributed by atoms with E-state index in [1.54, 1.807) is 6.92 Å². The molecule has 0 spiro atoms. The van der Waals surface area contributed by atoms with Crippen molar-refractivity contribution in [2.45, 2.75) is 26.2 Å². The zero-order chi connectivity index (χ0) is 11.0. The molecule has 0 aromatic heterocycles. The number of benzene rings is 1. The maximum atomic E-state index is 10.9. The molecular weight excluding hydrogens is 192 g/mol. The van der Waals surface area contributed by atoms with Gasteiger partial charge in [0.25, 0.3) is 0 Å². The van der Waals surface area contributed by atoms with Crippen LogP contribution in [0.15, 0.2) is 12.1 Å². The Bertz CT molecular complexity index is 410. The minimum atomic E-state index is -0.784. The molecule has 0 saturated heterocycles. The highest BCUT2D eigenvalue weighted by atomic mass is 16.5. The van der Waals surface area contributed by atoms with E-state index < -0.39 is 11.9 Å². The number of rotatable bonds is 2. The smallest absolute Gasteiger partial charge is 0.310 e. The molecule has 0 aliphatic carbocycles. The van der Waals surface area contributed by atoms with Gasteiger partial charge in [0.05, 0.1) is 12.5 Å². The molecule has 1 N–H and O–H groups in total. The van der Waals surface area contributed by atoms with Crippen molar-refractivity contribution in [2.75, 3.05) is 6.61 Å². The van der Waals surface area contributed by atoms with Crippen LogP contribution < -0.4 is 4.74 Å². The lowest BCUT2D eigenvalue weighted by Gasteiger charge is -2.10. The molecule has 1 aliphatic heterocycles. The van der Waals surface area contributed by atoms with E-state index in [1.807, 2.05) is 19.1 Å². The second-order valence-electron chi connectivity index (χ2n) is 3.98. The van der Waals surface area contributed by atoms with E-state index in [0.29, 0.717) is 6.61 Å². The van der Waals surface area contributed by atoms with Gasteiger partial charge in [0, 0.05) is 6.42 Å². The molecule has 2 rings (SSSR count). The van der Waals surface area contributed by atoms with E-state index in [4.69, 9.17) is 9.84 Å². The number of hydrogen-bond donors (Lipinski definition) is 1. The molecule has 0 radical (unpaired) electrons. The molecule has 1 aromatic rings. The van der Waals surface area contributed by atoms with E-state index in [9.17, 15) is 4.79 Å².